The van der Waals surface area contributed by atoms with E-state index < -0.39 is 12.2 Å². The first-order valence-corrected chi connectivity index (χ1v) is 12.6. The molecule has 0 spiro atoms. The average Bonchev–Trinajstić information content (AvgIpc) is 3.33. The second-order valence-corrected chi connectivity index (χ2v) is 9.22. The maximum absolute atomic E-state index is 14.0. The van der Waals surface area contributed by atoms with Crippen LogP contribution in [0.25, 0.3) is 0 Å². The van der Waals surface area contributed by atoms with E-state index in [1.54, 1.807) is 43.6 Å². The molecule has 0 unspecified atom stereocenters. The molecule has 2 amide bonds. The monoisotopic (exact) mass is 532 g/mol. The molecule has 2 aromatic rings. The highest BCUT2D eigenvalue weighted by Crippen LogP contribution is 2.21. The van der Waals surface area contributed by atoms with E-state index in [0.29, 0.717) is 48.8 Å². The second kappa shape index (κ2) is 14.5. The van der Waals surface area contributed by atoms with Gasteiger partial charge in [-0.05, 0) is 44.8 Å². The van der Waals surface area contributed by atoms with Gasteiger partial charge in [-0.25, -0.2) is 9.37 Å². The fourth-order valence-corrected chi connectivity index (χ4v) is 3.88. The van der Waals surface area contributed by atoms with Crippen LogP contribution in [0.15, 0.2) is 42.6 Å². The van der Waals surface area contributed by atoms with Gasteiger partial charge < -0.3 is 25.8 Å². The molecule has 1 aliphatic heterocycles. The number of nitrogens with one attached hydrogen (secondary N) is 3. The number of alkyl halides is 1. The lowest BCUT2D eigenvalue weighted by Crippen LogP contribution is -2.45. The summed E-state index contributed by atoms with van der Waals surface area (Å²) in [5, 5.41) is 17.8. The van der Waals surface area contributed by atoms with Crippen LogP contribution in [0.3, 0.4) is 0 Å². The maximum Gasteiger partial charge on any atom is 0.247 e. The molecular formula is C28H33FN8O2. The molecule has 0 saturated carbocycles. The molecule has 1 saturated heterocycles. The van der Waals surface area contributed by atoms with E-state index in [0.717, 1.165) is 5.69 Å². The number of carbonyl (C=O) groups is 2. The number of anilines is 3. The van der Waals surface area contributed by atoms with E-state index in [1.165, 1.54) is 11.0 Å². The highest BCUT2D eigenvalue weighted by atomic mass is 19.1. The van der Waals surface area contributed by atoms with Crippen molar-refractivity contribution >= 4 is 29.3 Å². The molecule has 2 atom stereocenters. The number of amides is 2. The molecule has 1 aromatic heterocycles. The van der Waals surface area contributed by atoms with Crippen molar-refractivity contribution < 1.29 is 14.0 Å². The number of benzene rings is 1. The van der Waals surface area contributed by atoms with Crippen molar-refractivity contribution in [2.75, 3.05) is 51.4 Å². The highest BCUT2D eigenvalue weighted by Gasteiger charge is 2.38. The number of carbonyl (C=O) groups excluding carboxylic acids is 2. The van der Waals surface area contributed by atoms with Crippen LogP contribution >= 0.6 is 0 Å². The molecular weight excluding hydrogens is 499 g/mol. The minimum absolute atomic E-state index is 0.00171. The summed E-state index contributed by atoms with van der Waals surface area (Å²) in [6, 6.07) is 8.22. The van der Waals surface area contributed by atoms with Crippen molar-refractivity contribution in [2.45, 2.75) is 31.5 Å². The van der Waals surface area contributed by atoms with Gasteiger partial charge in [0.2, 0.25) is 17.8 Å². The zero-order valence-corrected chi connectivity index (χ0v) is 22.4. The Hall–Kier alpha value is -4.48. The molecule has 1 aromatic carbocycles. The quantitative estimate of drug-likeness (QED) is 0.242. The van der Waals surface area contributed by atoms with Crippen LogP contribution in [-0.2, 0) is 9.59 Å². The van der Waals surface area contributed by atoms with Gasteiger partial charge in [-0.1, -0.05) is 17.9 Å². The van der Waals surface area contributed by atoms with Crippen molar-refractivity contribution in [1.82, 2.24) is 25.1 Å². The van der Waals surface area contributed by atoms with Crippen LogP contribution in [0.5, 0.6) is 0 Å². The van der Waals surface area contributed by atoms with Gasteiger partial charge in [0.1, 0.15) is 18.0 Å². The zero-order valence-electron chi connectivity index (χ0n) is 22.4. The fourth-order valence-electron chi connectivity index (χ4n) is 3.88. The molecule has 0 radical (unpaired) electrons. The molecule has 0 bridgehead atoms. The number of nitrogens with zero attached hydrogens (tertiary/aromatic N) is 5. The Labute approximate surface area is 228 Å². The Bertz CT molecular complexity index is 1280. The molecule has 10 nitrogen and oxygen atoms in total. The third kappa shape index (κ3) is 8.80. The van der Waals surface area contributed by atoms with Crippen LogP contribution < -0.4 is 16.0 Å². The minimum Gasteiger partial charge on any atom is -0.372 e. The van der Waals surface area contributed by atoms with E-state index in [2.05, 4.69) is 43.8 Å². The van der Waals surface area contributed by atoms with E-state index in [4.69, 9.17) is 5.26 Å². The number of aromatic nitrogens is 2. The number of hydrogen-bond acceptors (Lipinski definition) is 8. The predicted molar refractivity (Wildman–Crippen MR) is 148 cm³/mol. The molecule has 3 N–H and O–H groups in total. The Morgan fingerprint density at radius 3 is 2.74 bits per heavy atom. The van der Waals surface area contributed by atoms with Crippen LogP contribution in [-0.4, -0.2) is 84.6 Å². The first-order chi connectivity index (χ1) is 18.8. The Morgan fingerprint density at radius 2 is 2.05 bits per heavy atom. The number of likely N-dealkylation sites (N-methyl/N-ethyl adjacent to an activating group) is 1. The van der Waals surface area contributed by atoms with E-state index in [-0.39, 0.29) is 24.8 Å². The SMILES string of the molecule is CNc1nc(Nc2ccc(C#N)cc2)ncc1C#CCCCNC(=O)[C@@H]1C[C@H](F)CN1C(=O)/C=C/CN(C)C. The highest BCUT2D eigenvalue weighted by molar-refractivity contribution is 5.93. The fraction of sp³-hybridized carbons (Fsp3) is 0.393. The predicted octanol–water partition coefficient (Wildman–Crippen LogP) is 2.44. The lowest BCUT2D eigenvalue weighted by molar-refractivity contribution is -0.135. The number of rotatable bonds is 10. The summed E-state index contributed by atoms with van der Waals surface area (Å²) < 4.78 is 14.0. The van der Waals surface area contributed by atoms with Gasteiger partial charge in [0.25, 0.3) is 0 Å². The van der Waals surface area contributed by atoms with Crippen LogP contribution in [0, 0.1) is 23.2 Å². The third-order valence-electron chi connectivity index (χ3n) is 5.86. The van der Waals surface area contributed by atoms with Gasteiger partial charge in [-0.15, -0.1) is 0 Å². The van der Waals surface area contributed by atoms with E-state index in [1.807, 2.05) is 19.0 Å². The number of likely N-dealkylation sites (tertiary alicyclic amines) is 1. The Balaban J connectivity index is 1.48. The molecule has 1 aliphatic rings. The first-order valence-electron chi connectivity index (χ1n) is 12.6. The van der Waals surface area contributed by atoms with E-state index >= 15 is 0 Å². The van der Waals surface area contributed by atoms with Gasteiger partial charge in [0, 0.05) is 44.7 Å². The minimum atomic E-state index is -1.22. The normalized spacial score (nSPS) is 16.5. The molecule has 39 heavy (non-hydrogen) atoms. The number of hydrogen-bond donors (Lipinski definition) is 3. The van der Waals surface area contributed by atoms with Crippen molar-refractivity contribution in [1.29, 1.82) is 5.26 Å². The zero-order chi connectivity index (χ0) is 28.2. The third-order valence-corrected chi connectivity index (χ3v) is 5.86. The standard InChI is InChI=1S/C28H33FN8O2/c1-31-26-21(18-33-28(35-26)34-23-12-10-20(17-30)11-13-23)8-5-4-6-14-32-27(39)24-16-22(29)19-37(24)25(38)9-7-15-36(2)3/h7,9-13,18,22,24H,4,6,14-16,19H2,1-3H3,(H,32,39)(H2,31,33,34,35)/b9-7+/t22-,24-/m0/s1. The van der Waals surface area contributed by atoms with E-state index in [9.17, 15) is 14.0 Å². The van der Waals surface area contributed by atoms with Crippen LogP contribution in [0.4, 0.5) is 21.8 Å². The first kappa shape index (κ1) is 29.1. The summed E-state index contributed by atoms with van der Waals surface area (Å²) >= 11 is 0. The smallest absolute Gasteiger partial charge is 0.247 e. The second-order valence-electron chi connectivity index (χ2n) is 9.22. The van der Waals surface area contributed by atoms with Crippen LogP contribution in [0.1, 0.15) is 30.4 Å². The summed E-state index contributed by atoms with van der Waals surface area (Å²) in [7, 11) is 5.50. The van der Waals surface area contributed by atoms with Gasteiger partial charge in [-0.2, -0.15) is 10.2 Å². The summed E-state index contributed by atoms with van der Waals surface area (Å²) in [5.74, 6) is 6.34. The lowest BCUT2D eigenvalue weighted by Gasteiger charge is -2.22. The van der Waals surface area contributed by atoms with Gasteiger partial charge >= 0.3 is 0 Å². The lowest BCUT2D eigenvalue weighted by atomic mass is 10.2. The molecule has 2 heterocycles. The molecule has 204 valence electrons. The number of nitriles is 1. The molecule has 0 aliphatic carbocycles. The van der Waals surface area contributed by atoms with Crippen molar-refractivity contribution in [3.05, 3.63) is 53.7 Å². The Morgan fingerprint density at radius 1 is 1.28 bits per heavy atom. The van der Waals surface area contributed by atoms with Crippen LogP contribution in [0.2, 0.25) is 0 Å². The molecule has 1 fully saturated rings. The van der Waals surface area contributed by atoms with Crippen molar-refractivity contribution in [2.24, 2.45) is 0 Å². The summed E-state index contributed by atoms with van der Waals surface area (Å²) in [4.78, 5) is 37.0. The van der Waals surface area contributed by atoms with Gasteiger partial charge in [0.05, 0.1) is 29.9 Å². The number of unbranched alkanes of at least 4 members (excludes halogenated alkanes) is 1. The summed E-state index contributed by atoms with van der Waals surface area (Å²) in [5.41, 5.74) is 1.95. The van der Waals surface area contributed by atoms with Gasteiger partial charge in [0.15, 0.2) is 0 Å². The maximum atomic E-state index is 14.0. The summed E-state index contributed by atoms with van der Waals surface area (Å²) in [6.45, 7) is 0.868. The number of halogens is 1. The molecule has 11 heteroatoms. The summed E-state index contributed by atoms with van der Waals surface area (Å²) in [6.07, 6.45) is 4.61. The average molecular weight is 533 g/mol. The topological polar surface area (TPSA) is 126 Å². The Kier molecular flexibility index (Phi) is 10.8. The van der Waals surface area contributed by atoms with Crippen molar-refractivity contribution in [3.63, 3.8) is 0 Å². The molecule has 3 rings (SSSR count). The largest absolute Gasteiger partial charge is 0.372 e. The van der Waals surface area contributed by atoms with Crippen molar-refractivity contribution in [3.8, 4) is 17.9 Å². The van der Waals surface area contributed by atoms with Gasteiger partial charge in [-0.3, -0.25) is 9.59 Å².